The fourth-order valence-electron chi connectivity index (χ4n) is 2.46. The van der Waals surface area contributed by atoms with E-state index in [4.69, 9.17) is 0 Å². The number of nitrogens with one attached hydrogen (secondary N) is 2. The molecule has 2 aromatic rings. The Balaban J connectivity index is 1.91. The maximum Gasteiger partial charge on any atom is 0.305 e. The summed E-state index contributed by atoms with van der Waals surface area (Å²) in [5, 5.41) is 4.31. The molecule has 152 valence electrons. The van der Waals surface area contributed by atoms with E-state index < -0.39 is 15.9 Å². The van der Waals surface area contributed by atoms with Crippen molar-refractivity contribution in [3.05, 3.63) is 46.2 Å². The molecule has 0 fully saturated rings. The van der Waals surface area contributed by atoms with Crippen molar-refractivity contribution in [2.24, 2.45) is 0 Å². The number of carbonyl (C=O) groups excluding carboxylic acids is 2. The number of thiophene rings is 1. The van der Waals surface area contributed by atoms with Crippen molar-refractivity contribution in [2.75, 3.05) is 18.4 Å². The van der Waals surface area contributed by atoms with E-state index in [1.807, 2.05) is 6.92 Å². The van der Waals surface area contributed by atoms with Crippen molar-refractivity contribution in [3.63, 3.8) is 0 Å². The van der Waals surface area contributed by atoms with Gasteiger partial charge in [-0.1, -0.05) is 24.1 Å². The van der Waals surface area contributed by atoms with Crippen LogP contribution >= 0.6 is 11.3 Å². The van der Waals surface area contributed by atoms with E-state index in [9.17, 15) is 18.0 Å². The summed E-state index contributed by atoms with van der Waals surface area (Å²) in [5.74, 6) is -0.675. The van der Waals surface area contributed by atoms with Crippen molar-refractivity contribution in [1.29, 1.82) is 0 Å². The number of ether oxygens (including phenoxy) is 1. The average Bonchev–Trinajstić information content (AvgIpc) is 3.17. The molecule has 0 radical (unpaired) electrons. The number of benzene rings is 1. The topological polar surface area (TPSA) is 102 Å². The highest BCUT2D eigenvalue weighted by atomic mass is 32.2. The fourth-order valence-corrected chi connectivity index (χ4v) is 4.87. The van der Waals surface area contributed by atoms with Crippen LogP contribution in [-0.4, -0.2) is 33.9 Å². The Morgan fingerprint density at radius 1 is 1.07 bits per heavy atom. The molecule has 2 N–H and O–H groups in total. The van der Waals surface area contributed by atoms with Crippen LogP contribution < -0.4 is 10.0 Å². The van der Waals surface area contributed by atoms with Gasteiger partial charge >= 0.3 is 5.97 Å². The Kier molecular flexibility index (Phi) is 8.01. The maximum absolute atomic E-state index is 12.7. The summed E-state index contributed by atoms with van der Waals surface area (Å²) >= 11 is 1.08. The predicted molar refractivity (Wildman–Crippen MR) is 109 cm³/mol. The second-order valence-corrected chi connectivity index (χ2v) is 8.80. The number of aryl methyl sites for hydroxylation is 1. The Morgan fingerprint density at radius 2 is 1.79 bits per heavy atom. The van der Waals surface area contributed by atoms with Crippen LogP contribution in [0.15, 0.2) is 40.6 Å². The third kappa shape index (κ3) is 6.35. The number of unbranched alkanes of at least 4 members (excludes halogenated alkanes) is 2. The van der Waals surface area contributed by atoms with Gasteiger partial charge < -0.3 is 10.1 Å². The molecule has 0 aliphatic rings. The summed E-state index contributed by atoms with van der Waals surface area (Å²) < 4.78 is 32.4. The minimum Gasteiger partial charge on any atom is -0.469 e. The van der Waals surface area contributed by atoms with Gasteiger partial charge in [0.1, 0.15) is 9.77 Å². The van der Waals surface area contributed by atoms with Crippen LogP contribution in [0.5, 0.6) is 0 Å². The highest BCUT2D eigenvalue weighted by molar-refractivity contribution is 7.93. The first-order chi connectivity index (χ1) is 13.3. The molecule has 7 nitrogen and oxygen atoms in total. The summed E-state index contributed by atoms with van der Waals surface area (Å²) in [6, 6.07) is 8.38. The van der Waals surface area contributed by atoms with Gasteiger partial charge in [0.2, 0.25) is 0 Å². The number of anilines is 1. The molecule has 0 aliphatic carbocycles. The van der Waals surface area contributed by atoms with Gasteiger partial charge in [-0.15, -0.1) is 11.3 Å². The molecule has 0 saturated heterocycles. The van der Waals surface area contributed by atoms with E-state index in [1.54, 1.807) is 29.6 Å². The third-order valence-electron chi connectivity index (χ3n) is 4.00. The molecule has 0 bridgehead atoms. The van der Waals surface area contributed by atoms with Gasteiger partial charge in [-0.3, -0.25) is 14.3 Å². The summed E-state index contributed by atoms with van der Waals surface area (Å²) in [6.45, 7) is 2.32. The summed E-state index contributed by atoms with van der Waals surface area (Å²) in [7, 11) is -2.51. The molecular formula is C19H24N2O5S2. The largest absolute Gasteiger partial charge is 0.469 e. The normalized spacial score (nSPS) is 11.1. The van der Waals surface area contributed by atoms with Crippen molar-refractivity contribution in [2.45, 2.75) is 37.5 Å². The zero-order valence-electron chi connectivity index (χ0n) is 15.9. The first-order valence-electron chi connectivity index (χ1n) is 8.85. The number of amides is 1. The molecule has 2 rings (SSSR count). The number of esters is 1. The summed E-state index contributed by atoms with van der Waals surface area (Å²) in [4.78, 5) is 23.5. The standard InChI is InChI=1S/C19H24N2O5S2/c1-14-7-9-15(10-8-14)21-28(24,25)16-11-13-27-18(16)19(23)20-12-5-3-4-6-17(22)26-2/h7-11,13,21H,3-6,12H2,1-2H3,(H,20,23). The van der Waals surface area contributed by atoms with Gasteiger partial charge in [0.05, 0.1) is 7.11 Å². The molecule has 28 heavy (non-hydrogen) atoms. The quantitative estimate of drug-likeness (QED) is 0.450. The SMILES string of the molecule is COC(=O)CCCCCNC(=O)c1sccc1S(=O)(=O)Nc1ccc(C)cc1. The van der Waals surface area contributed by atoms with Crippen LogP contribution in [0.2, 0.25) is 0 Å². The van der Waals surface area contributed by atoms with Crippen LogP contribution in [0.3, 0.4) is 0 Å². The third-order valence-corrected chi connectivity index (χ3v) is 6.47. The van der Waals surface area contributed by atoms with E-state index in [0.29, 0.717) is 31.5 Å². The van der Waals surface area contributed by atoms with E-state index in [2.05, 4.69) is 14.8 Å². The van der Waals surface area contributed by atoms with Crippen molar-refractivity contribution in [1.82, 2.24) is 5.32 Å². The maximum atomic E-state index is 12.7. The van der Waals surface area contributed by atoms with Crippen LogP contribution in [0, 0.1) is 6.92 Å². The van der Waals surface area contributed by atoms with E-state index in [1.165, 1.54) is 13.2 Å². The molecule has 0 atom stereocenters. The van der Waals surface area contributed by atoms with Gasteiger partial charge in [-0.05, 0) is 43.3 Å². The lowest BCUT2D eigenvalue weighted by atomic mass is 10.2. The zero-order chi connectivity index (χ0) is 20.6. The van der Waals surface area contributed by atoms with Gasteiger partial charge in [0.15, 0.2) is 0 Å². The molecule has 1 amide bonds. The van der Waals surface area contributed by atoms with Crippen molar-refractivity contribution >= 4 is 38.9 Å². The Morgan fingerprint density at radius 3 is 2.46 bits per heavy atom. The second-order valence-electron chi connectivity index (χ2n) is 6.23. The van der Waals surface area contributed by atoms with Gasteiger partial charge in [-0.2, -0.15) is 0 Å². The first kappa shape index (κ1) is 21.9. The molecule has 9 heteroatoms. The molecule has 1 aromatic carbocycles. The number of methoxy groups -OCH3 is 1. The van der Waals surface area contributed by atoms with Crippen LogP contribution in [-0.2, 0) is 19.6 Å². The van der Waals surface area contributed by atoms with Crippen LogP contribution in [0.25, 0.3) is 0 Å². The van der Waals surface area contributed by atoms with Crippen molar-refractivity contribution in [3.8, 4) is 0 Å². The number of carbonyl (C=O) groups is 2. The van der Waals surface area contributed by atoms with Gasteiger partial charge in [0.25, 0.3) is 15.9 Å². The number of sulfonamides is 1. The highest BCUT2D eigenvalue weighted by Crippen LogP contribution is 2.24. The molecule has 0 aliphatic heterocycles. The fraction of sp³-hybridized carbons (Fsp3) is 0.368. The van der Waals surface area contributed by atoms with Gasteiger partial charge in [-0.25, -0.2) is 8.42 Å². The predicted octanol–water partition coefficient (Wildman–Crippen LogP) is 3.32. The number of hydrogen-bond donors (Lipinski definition) is 2. The molecule has 0 unspecified atom stereocenters. The second kappa shape index (κ2) is 10.2. The summed E-state index contributed by atoms with van der Waals surface area (Å²) in [5.41, 5.74) is 1.46. The number of rotatable bonds is 10. The minimum atomic E-state index is -3.86. The highest BCUT2D eigenvalue weighted by Gasteiger charge is 2.24. The van der Waals surface area contributed by atoms with E-state index in [-0.39, 0.29) is 15.7 Å². The molecule has 0 saturated carbocycles. The lowest BCUT2D eigenvalue weighted by Gasteiger charge is -2.09. The monoisotopic (exact) mass is 424 g/mol. The lowest BCUT2D eigenvalue weighted by Crippen LogP contribution is -2.26. The molecular weight excluding hydrogens is 400 g/mol. The average molecular weight is 425 g/mol. The molecule has 1 aromatic heterocycles. The first-order valence-corrected chi connectivity index (χ1v) is 11.2. The summed E-state index contributed by atoms with van der Waals surface area (Å²) in [6.07, 6.45) is 2.49. The number of hydrogen-bond acceptors (Lipinski definition) is 6. The van der Waals surface area contributed by atoms with Crippen LogP contribution in [0.1, 0.15) is 40.9 Å². The van der Waals surface area contributed by atoms with Crippen LogP contribution in [0.4, 0.5) is 5.69 Å². The molecule has 1 heterocycles. The Bertz CT molecular complexity index is 905. The Labute approximate surface area is 169 Å². The van der Waals surface area contributed by atoms with Crippen molar-refractivity contribution < 1.29 is 22.7 Å². The lowest BCUT2D eigenvalue weighted by molar-refractivity contribution is -0.140. The smallest absolute Gasteiger partial charge is 0.305 e. The minimum absolute atomic E-state index is 0.0405. The molecule has 0 spiro atoms. The van der Waals surface area contributed by atoms with E-state index >= 15 is 0 Å². The van der Waals surface area contributed by atoms with E-state index in [0.717, 1.165) is 23.3 Å². The zero-order valence-corrected chi connectivity index (χ0v) is 17.5. The van der Waals surface area contributed by atoms with Gasteiger partial charge in [0, 0.05) is 18.7 Å². The Hall–Kier alpha value is -2.39.